The van der Waals surface area contributed by atoms with Crippen LogP contribution in [0.1, 0.15) is 37.7 Å². The average molecular weight is 428 g/mol. The number of fused-ring (bicyclic) bond motifs is 2. The number of aromatic nitrogens is 2. The van der Waals surface area contributed by atoms with Crippen LogP contribution in [-0.4, -0.2) is 50.9 Å². The van der Waals surface area contributed by atoms with Crippen LogP contribution in [0.25, 0.3) is 17.3 Å². The summed E-state index contributed by atoms with van der Waals surface area (Å²) < 4.78 is 18.9. The highest BCUT2D eigenvalue weighted by molar-refractivity contribution is 7.94. The van der Waals surface area contributed by atoms with Gasteiger partial charge in [-0.15, -0.1) is 10.2 Å². The van der Waals surface area contributed by atoms with Crippen molar-refractivity contribution < 1.29 is 9.32 Å². The molecule has 0 spiro atoms. The smallest absolute Gasteiger partial charge is 0.151 e. The molecule has 160 valence electrons. The Morgan fingerprint density at radius 3 is 2.53 bits per heavy atom. The van der Waals surface area contributed by atoms with Crippen molar-refractivity contribution in [2.75, 3.05) is 18.2 Å². The summed E-state index contributed by atoms with van der Waals surface area (Å²) in [5.74, 6) is 0.919. The van der Waals surface area contributed by atoms with E-state index in [1.54, 1.807) is 24.3 Å². The highest BCUT2D eigenvalue weighted by Crippen LogP contribution is 2.32. The summed E-state index contributed by atoms with van der Waals surface area (Å²) in [6.45, 7) is 0. The predicted molar refractivity (Wildman–Crippen MR) is 121 cm³/mol. The zero-order chi connectivity index (χ0) is 21.3. The fourth-order valence-corrected chi connectivity index (χ4v) is 4.89. The Labute approximate surface area is 178 Å². The van der Waals surface area contributed by atoms with E-state index in [4.69, 9.17) is 4.78 Å². The molecule has 7 nitrogen and oxygen atoms in total. The van der Waals surface area contributed by atoms with Gasteiger partial charge in [0.25, 0.3) is 0 Å². The average Bonchev–Trinajstić information content (AvgIpc) is 2.71. The van der Waals surface area contributed by atoms with E-state index < -0.39 is 9.73 Å². The van der Waals surface area contributed by atoms with Crippen LogP contribution in [0.3, 0.4) is 0 Å². The number of aromatic hydroxyl groups is 1. The largest absolute Gasteiger partial charge is 0.507 e. The second kappa shape index (κ2) is 8.35. The number of benzene rings is 1. The first-order valence-corrected chi connectivity index (χ1v) is 12.4. The zero-order valence-electron chi connectivity index (χ0n) is 17.4. The van der Waals surface area contributed by atoms with Crippen molar-refractivity contribution in [3.05, 3.63) is 41.3 Å². The van der Waals surface area contributed by atoms with Crippen molar-refractivity contribution >= 4 is 21.6 Å². The van der Waals surface area contributed by atoms with E-state index in [-0.39, 0.29) is 5.75 Å². The lowest BCUT2D eigenvalue weighted by atomic mass is 9.83. The molecule has 3 unspecified atom stereocenters. The van der Waals surface area contributed by atoms with E-state index in [0.29, 0.717) is 34.9 Å². The van der Waals surface area contributed by atoms with Gasteiger partial charge in [-0.05, 0) is 61.6 Å². The van der Waals surface area contributed by atoms with E-state index in [1.807, 2.05) is 12.1 Å². The van der Waals surface area contributed by atoms with Gasteiger partial charge in [0.15, 0.2) is 5.82 Å². The number of phenols is 1. The van der Waals surface area contributed by atoms with Gasteiger partial charge in [-0.1, -0.05) is 12.5 Å². The van der Waals surface area contributed by atoms with Crippen molar-refractivity contribution in [2.45, 2.75) is 50.2 Å². The van der Waals surface area contributed by atoms with Gasteiger partial charge in [-0.25, -0.2) is 8.99 Å². The Morgan fingerprint density at radius 1 is 1.20 bits per heavy atom. The normalized spacial score (nSPS) is 25.7. The predicted octanol–water partition coefficient (Wildman–Crippen LogP) is 3.61. The third-order valence-corrected chi connectivity index (χ3v) is 6.72. The fraction of sp³-hybridized carbons (Fsp3) is 0.455. The lowest BCUT2D eigenvalue weighted by Crippen LogP contribution is -2.54. The standard InChI is InChI=1S/C22H29N5O2S/c1-27(18-13-16-4-3-5-17(14-18)24-16)22-9-8-20(25-26-22)19-7-6-15(12-21(19)28)10-11-30(2,23)29/h6-12,16-18,23-24,28H,3-5,13-14H2,1-2H3/b11-10+. The van der Waals surface area contributed by atoms with Crippen LogP contribution < -0.4 is 10.2 Å². The number of hydrogen-bond donors (Lipinski definition) is 3. The minimum absolute atomic E-state index is 0.0753. The number of anilines is 1. The minimum atomic E-state index is -2.72. The van der Waals surface area contributed by atoms with Crippen LogP contribution in [0.5, 0.6) is 5.75 Å². The third kappa shape index (κ3) is 4.82. The Balaban J connectivity index is 1.49. The molecule has 4 rings (SSSR count). The molecule has 30 heavy (non-hydrogen) atoms. The molecule has 1 aromatic carbocycles. The van der Waals surface area contributed by atoms with E-state index in [0.717, 1.165) is 18.7 Å². The Kier molecular flexibility index (Phi) is 5.79. The first-order chi connectivity index (χ1) is 14.3. The van der Waals surface area contributed by atoms with Crippen LogP contribution in [0.15, 0.2) is 35.7 Å². The number of nitrogens with one attached hydrogen (secondary N) is 2. The van der Waals surface area contributed by atoms with Gasteiger partial charge in [-0.2, -0.15) is 0 Å². The second-order valence-electron chi connectivity index (χ2n) is 8.49. The Hall–Kier alpha value is -2.45. The number of rotatable bonds is 5. The molecule has 0 saturated carbocycles. The maximum absolute atomic E-state index is 11.5. The summed E-state index contributed by atoms with van der Waals surface area (Å²) in [5, 5.41) is 24.2. The molecule has 8 heteroatoms. The Morgan fingerprint density at radius 2 is 1.93 bits per heavy atom. The van der Waals surface area contributed by atoms with E-state index in [2.05, 4.69) is 27.5 Å². The quantitative estimate of drug-likeness (QED) is 0.674. The molecular formula is C22H29N5O2S. The van der Waals surface area contributed by atoms with Crippen LogP contribution >= 0.6 is 0 Å². The molecule has 3 heterocycles. The molecule has 2 bridgehead atoms. The minimum Gasteiger partial charge on any atom is -0.507 e. The Bertz CT molecular complexity index is 1020. The molecule has 1 aromatic heterocycles. The zero-order valence-corrected chi connectivity index (χ0v) is 18.2. The first-order valence-electron chi connectivity index (χ1n) is 10.4. The summed E-state index contributed by atoms with van der Waals surface area (Å²) in [4.78, 5) is 2.24. The SMILES string of the molecule is CN(c1ccc(-c2ccc(/C=C/S(C)(=N)=O)cc2O)nn1)C1CC2CCCC(C1)N2. The van der Waals surface area contributed by atoms with Crippen LogP contribution in [-0.2, 0) is 9.73 Å². The number of nitrogens with zero attached hydrogens (tertiary/aromatic N) is 3. The molecule has 2 aliphatic heterocycles. The van der Waals surface area contributed by atoms with Crippen LogP contribution in [0, 0.1) is 4.78 Å². The van der Waals surface area contributed by atoms with Crippen molar-refractivity contribution in [3.8, 4) is 17.0 Å². The van der Waals surface area contributed by atoms with Gasteiger partial charge in [0.05, 0.1) is 15.4 Å². The summed E-state index contributed by atoms with van der Waals surface area (Å²) in [5.41, 5.74) is 1.87. The van der Waals surface area contributed by atoms with Crippen molar-refractivity contribution in [3.63, 3.8) is 0 Å². The van der Waals surface area contributed by atoms with Gasteiger partial charge in [0, 0.05) is 42.4 Å². The molecule has 0 amide bonds. The summed E-state index contributed by atoms with van der Waals surface area (Å²) in [6, 6.07) is 10.7. The monoisotopic (exact) mass is 427 g/mol. The van der Waals surface area contributed by atoms with Crippen LogP contribution in [0.4, 0.5) is 5.82 Å². The maximum Gasteiger partial charge on any atom is 0.151 e. The third-order valence-electron chi connectivity index (χ3n) is 6.07. The van der Waals surface area contributed by atoms with E-state index in [1.165, 1.54) is 30.9 Å². The highest BCUT2D eigenvalue weighted by Gasteiger charge is 2.33. The molecule has 2 aromatic rings. The maximum atomic E-state index is 11.5. The van der Waals surface area contributed by atoms with Crippen molar-refractivity contribution in [1.29, 1.82) is 4.78 Å². The number of hydrogen-bond acceptors (Lipinski definition) is 7. The van der Waals surface area contributed by atoms with Gasteiger partial charge < -0.3 is 15.3 Å². The molecule has 2 saturated heterocycles. The van der Waals surface area contributed by atoms with E-state index in [9.17, 15) is 9.32 Å². The fourth-order valence-electron chi connectivity index (χ4n) is 4.47. The molecule has 2 fully saturated rings. The highest BCUT2D eigenvalue weighted by atomic mass is 32.2. The van der Waals surface area contributed by atoms with Gasteiger partial charge in [0.2, 0.25) is 0 Å². The van der Waals surface area contributed by atoms with Crippen molar-refractivity contribution in [1.82, 2.24) is 15.5 Å². The van der Waals surface area contributed by atoms with Crippen molar-refractivity contribution in [2.24, 2.45) is 0 Å². The molecule has 3 atom stereocenters. The molecule has 0 aliphatic carbocycles. The number of piperidine rings is 2. The molecule has 3 N–H and O–H groups in total. The summed E-state index contributed by atoms with van der Waals surface area (Å²) >= 11 is 0. The number of phenolic OH excluding ortho intramolecular Hbond substituents is 1. The topological polar surface area (TPSA) is 102 Å². The molecule has 2 aliphatic rings. The molecular weight excluding hydrogens is 398 g/mol. The lowest BCUT2D eigenvalue weighted by Gasteiger charge is -2.43. The molecule has 0 radical (unpaired) electrons. The lowest BCUT2D eigenvalue weighted by molar-refractivity contribution is 0.219. The van der Waals surface area contributed by atoms with Crippen LogP contribution in [0.2, 0.25) is 0 Å². The first kappa shape index (κ1) is 20.8. The summed E-state index contributed by atoms with van der Waals surface area (Å²) in [6.07, 6.45) is 9.04. The van der Waals surface area contributed by atoms with Gasteiger partial charge in [0.1, 0.15) is 5.75 Å². The van der Waals surface area contributed by atoms with E-state index >= 15 is 0 Å². The van der Waals surface area contributed by atoms with Gasteiger partial charge in [-0.3, -0.25) is 0 Å². The second-order valence-corrected chi connectivity index (χ2v) is 10.6. The summed E-state index contributed by atoms with van der Waals surface area (Å²) in [7, 11) is -0.629. The van der Waals surface area contributed by atoms with Gasteiger partial charge >= 0.3 is 0 Å².